The van der Waals surface area contributed by atoms with Gasteiger partial charge in [-0.1, -0.05) is 18.2 Å². The summed E-state index contributed by atoms with van der Waals surface area (Å²) in [5.74, 6) is -1.09. The van der Waals surface area contributed by atoms with Crippen molar-refractivity contribution in [3.63, 3.8) is 0 Å². The second kappa shape index (κ2) is 4.59. The van der Waals surface area contributed by atoms with E-state index in [4.69, 9.17) is 15.6 Å². The maximum atomic E-state index is 10.8. The molecule has 4 heteroatoms. The zero-order chi connectivity index (χ0) is 11.3. The van der Waals surface area contributed by atoms with E-state index in [2.05, 4.69) is 0 Å². The predicted octanol–water partition coefficient (Wildman–Crippen LogP) is 1.82. The number of aromatic carboxylic acids is 1. The Morgan fingerprint density at radius 3 is 2.40 bits per heavy atom. The lowest BCUT2D eigenvalue weighted by molar-refractivity contribution is 0.0696. The molecule has 72 valence electrons. The highest BCUT2D eigenvalue weighted by Crippen LogP contribution is 2.12. The van der Waals surface area contributed by atoms with E-state index in [-0.39, 0.29) is 11.1 Å². The normalized spacial score (nSPS) is 8.40. The Kier molecular flexibility index (Phi) is 3.21. The second-order valence-electron chi connectivity index (χ2n) is 2.67. The number of carbonyl (C=O) groups is 1. The first-order valence-corrected chi connectivity index (χ1v) is 4.03. The first-order valence-electron chi connectivity index (χ1n) is 4.03. The average Bonchev–Trinajstić information content (AvgIpc) is 2.26. The van der Waals surface area contributed by atoms with Gasteiger partial charge in [0.1, 0.15) is 17.7 Å². The van der Waals surface area contributed by atoms with E-state index in [9.17, 15) is 4.79 Å². The largest absolute Gasteiger partial charge is 0.478 e. The molecular weight excluding hydrogens is 192 g/mol. The molecule has 0 aliphatic carbocycles. The summed E-state index contributed by atoms with van der Waals surface area (Å²) >= 11 is 0. The van der Waals surface area contributed by atoms with E-state index in [1.54, 1.807) is 24.3 Å². The smallest absolute Gasteiger partial charge is 0.336 e. The SMILES string of the molecule is N#CC(C#N)=Cc1ccccc1C(=O)O. The van der Waals surface area contributed by atoms with E-state index in [0.29, 0.717) is 5.56 Å². The van der Waals surface area contributed by atoms with Gasteiger partial charge in [0, 0.05) is 0 Å². The minimum atomic E-state index is -1.09. The number of hydrogen-bond donors (Lipinski definition) is 1. The first-order chi connectivity index (χ1) is 7.19. The molecule has 0 spiro atoms. The third kappa shape index (κ3) is 2.43. The predicted molar refractivity (Wildman–Crippen MR) is 52.6 cm³/mol. The van der Waals surface area contributed by atoms with Crippen LogP contribution in [0.4, 0.5) is 0 Å². The molecule has 4 nitrogen and oxygen atoms in total. The highest BCUT2D eigenvalue weighted by Gasteiger charge is 2.07. The molecule has 0 atom stereocenters. The third-order valence-corrected chi connectivity index (χ3v) is 1.73. The molecule has 15 heavy (non-hydrogen) atoms. The van der Waals surface area contributed by atoms with Gasteiger partial charge >= 0.3 is 5.97 Å². The molecule has 0 fully saturated rings. The number of carboxylic acid groups (broad SMARTS) is 1. The van der Waals surface area contributed by atoms with E-state index in [1.165, 1.54) is 18.2 Å². The Morgan fingerprint density at radius 2 is 1.87 bits per heavy atom. The number of nitrogens with zero attached hydrogens (tertiary/aromatic N) is 2. The second-order valence-corrected chi connectivity index (χ2v) is 2.67. The van der Waals surface area contributed by atoms with Gasteiger partial charge in [-0.25, -0.2) is 4.79 Å². The third-order valence-electron chi connectivity index (χ3n) is 1.73. The summed E-state index contributed by atoms with van der Waals surface area (Å²) in [6.45, 7) is 0. The lowest BCUT2D eigenvalue weighted by Gasteiger charge is -1.99. The lowest BCUT2D eigenvalue weighted by atomic mass is 10.1. The van der Waals surface area contributed by atoms with Gasteiger partial charge < -0.3 is 5.11 Å². The number of nitriles is 2. The molecule has 0 unspecified atom stereocenters. The van der Waals surface area contributed by atoms with E-state index < -0.39 is 5.97 Å². The van der Waals surface area contributed by atoms with Gasteiger partial charge in [-0.2, -0.15) is 10.5 Å². The van der Waals surface area contributed by atoms with Crippen LogP contribution in [0.5, 0.6) is 0 Å². The molecule has 0 heterocycles. The van der Waals surface area contributed by atoms with Crippen molar-refractivity contribution in [2.24, 2.45) is 0 Å². The summed E-state index contributed by atoms with van der Waals surface area (Å²) in [7, 11) is 0. The van der Waals surface area contributed by atoms with E-state index in [0.717, 1.165) is 0 Å². The maximum absolute atomic E-state index is 10.8. The van der Waals surface area contributed by atoms with Crippen LogP contribution in [0.3, 0.4) is 0 Å². The van der Waals surface area contributed by atoms with Crippen LogP contribution in [0.15, 0.2) is 29.8 Å². The van der Waals surface area contributed by atoms with Crippen molar-refractivity contribution < 1.29 is 9.90 Å². The molecule has 0 aliphatic heterocycles. The fourth-order valence-corrected chi connectivity index (χ4v) is 1.06. The lowest BCUT2D eigenvalue weighted by Crippen LogP contribution is -1.98. The Hall–Kier alpha value is -2.59. The summed E-state index contributed by atoms with van der Waals surface area (Å²) in [5.41, 5.74) is 0.298. The molecule has 1 aromatic rings. The van der Waals surface area contributed by atoms with Crippen molar-refractivity contribution in [3.8, 4) is 12.1 Å². The highest BCUT2D eigenvalue weighted by molar-refractivity contribution is 5.92. The number of allylic oxidation sites excluding steroid dienone is 1. The molecule has 1 aromatic carbocycles. The molecule has 0 aliphatic rings. The van der Waals surface area contributed by atoms with Gasteiger partial charge in [0.25, 0.3) is 0 Å². The van der Waals surface area contributed by atoms with Gasteiger partial charge in [-0.05, 0) is 17.7 Å². The Balaban J connectivity index is 3.29. The molecule has 0 saturated carbocycles. The van der Waals surface area contributed by atoms with Crippen LogP contribution in [0, 0.1) is 22.7 Å². The summed E-state index contributed by atoms with van der Waals surface area (Å²) in [4.78, 5) is 10.8. The van der Waals surface area contributed by atoms with Gasteiger partial charge in [0.05, 0.1) is 5.56 Å². The Bertz CT molecular complexity index is 488. The van der Waals surface area contributed by atoms with Gasteiger partial charge in [0.2, 0.25) is 0 Å². The number of hydrogen-bond acceptors (Lipinski definition) is 3. The van der Waals surface area contributed by atoms with E-state index in [1.807, 2.05) is 0 Å². The fraction of sp³-hybridized carbons (Fsp3) is 0. The number of benzene rings is 1. The van der Waals surface area contributed by atoms with Crippen molar-refractivity contribution in [2.75, 3.05) is 0 Å². The van der Waals surface area contributed by atoms with E-state index >= 15 is 0 Å². The summed E-state index contributed by atoms with van der Waals surface area (Å²) in [5, 5.41) is 25.9. The van der Waals surface area contributed by atoms with Gasteiger partial charge in [-0.3, -0.25) is 0 Å². The highest BCUT2D eigenvalue weighted by atomic mass is 16.4. The minimum absolute atomic E-state index is 0.0699. The van der Waals surface area contributed by atoms with Crippen LogP contribution >= 0.6 is 0 Å². The van der Waals surface area contributed by atoms with Crippen molar-refractivity contribution in [3.05, 3.63) is 41.0 Å². The van der Waals surface area contributed by atoms with Crippen molar-refractivity contribution in [2.45, 2.75) is 0 Å². The van der Waals surface area contributed by atoms with Crippen LogP contribution in [0.1, 0.15) is 15.9 Å². The number of rotatable bonds is 2. The molecular formula is C11H6N2O2. The van der Waals surface area contributed by atoms with Crippen LogP contribution in [-0.4, -0.2) is 11.1 Å². The van der Waals surface area contributed by atoms with Crippen molar-refractivity contribution in [1.29, 1.82) is 10.5 Å². The Labute approximate surface area is 86.3 Å². The molecule has 1 rings (SSSR count). The molecule has 0 bridgehead atoms. The van der Waals surface area contributed by atoms with Crippen molar-refractivity contribution in [1.82, 2.24) is 0 Å². The Morgan fingerprint density at radius 1 is 1.27 bits per heavy atom. The minimum Gasteiger partial charge on any atom is -0.478 e. The van der Waals surface area contributed by atoms with Crippen LogP contribution in [-0.2, 0) is 0 Å². The summed E-state index contributed by atoms with van der Waals surface area (Å²) in [6.07, 6.45) is 1.25. The van der Waals surface area contributed by atoms with Crippen LogP contribution in [0.2, 0.25) is 0 Å². The zero-order valence-corrected chi connectivity index (χ0v) is 7.64. The standard InChI is InChI=1S/C11H6N2O2/c12-6-8(7-13)5-9-3-1-2-4-10(9)11(14)15/h1-5H,(H,14,15). The first kappa shape index (κ1) is 10.5. The van der Waals surface area contributed by atoms with Crippen molar-refractivity contribution >= 4 is 12.0 Å². The molecule has 0 aromatic heterocycles. The zero-order valence-electron chi connectivity index (χ0n) is 7.64. The van der Waals surface area contributed by atoms with Gasteiger partial charge in [0.15, 0.2) is 0 Å². The monoisotopic (exact) mass is 198 g/mol. The topological polar surface area (TPSA) is 84.9 Å². The molecule has 1 N–H and O–H groups in total. The molecule has 0 amide bonds. The van der Waals surface area contributed by atoms with Crippen LogP contribution < -0.4 is 0 Å². The van der Waals surface area contributed by atoms with Crippen LogP contribution in [0.25, 0.3) is 6.08 Å². The summed E-state index contributed by atoms with van der Waals surface area (Å²) in [6, 6.07) is 9.53. The quantitative estimate of drug-likeness (QED) is 0.734. The fourth-order valence-electron chi connectivity index (χ4n) is 1.06. The van der Waals surface area contributed by atoms with Gasteiger partial charge in [-0.15, -0.1) is 0 Å². The maximum Gasteiger partial charge on any atom is 0.336 e. The summed E-state index contributed by atoms with van der Waals surface area (Å²) < 4.78 is 0. The number of carboxylic acids is 1. The average molecular weight is 198 g/mol. The molecule has 0 radical (unpaired) electrons. The molecule has 0 saturated heterocycles.